The monoisotopic (exact) mass is 537 g/mol. The zero-order chi connectivity index (χ0) is 39.6. The molecule has 202 valence electrons. The summed E-state index contributed by atoms with van der Waals surface area (Å²) >= 11 is 0. The molecule has 0 aliphatic carbocycles. The predicted octanol–water partition coefficient (Wildman–Crippen LogP) is 3.56. The van der Waals surface area contributed by atoms with E-state index in [1.807, 2.05) is 5.32 Å². The van der Waals surface area contributed by atoms with Gasteiger partial charge in [-0.25, -0.2) is 4.39 Å². The fourth-order valence-corrected chi connectivity index (χ4v) is 4.23. The van der Waals surface area contributed by atoms with Gasteiger partial charge in [0.15, 0.2) is 0 Å². The number of piperidine rings is 1. The molecule has 3 heterocycles. The molecule has 1 N–H and O–H groups in total. The number of amides is 3. The first-order chi connectivity index (χ1) is 23.3. The van der Waals surface area contributed by atoms with E-state index in [1.165, 1.54) is 6.07 Å². The van der Waals surface area contributed by atoms with Crippen LogP contribution in [0.5, 0.6) is 5.75 Å². The Morgan fingerprint density at radius 1 is 1.24 bits per heavy atom. The van der Waals surface area contributed by atoms with E-state index in [9.17, 15) is 14.4 Å². The topological polar surface area (TPSA) is 88.2 Å². The molecule has 0 spiro atoms. The molecule has 2 fully saturated rings. The number of benzene rings is 2. The minimum Gasteiger partial charge on any atom is -0.488 e. The first-order valence-electron chi connectivity index (χ1n) is 18.6. The van der Waals surface area contributed by atoms with Gasteiger partial charge in [0.1, 0.15) is 24.1 Å². The van der Waals surface area contributed by atoms with Crippen LogP contribution in [-0.4, -0.2) is 57.7 Å². The summed E-state index contributed by atoms with van der Waals surface area (Å²) < 4.78 is 147. The van der Waals surface area contributed by atoms with E-state index in [0.717, 1.165) is 45.0 Å². The maximum atomic E-state index is 15.9. The van der Waals surface area contributed by atoms with Gasteiger partial charge in [-0.3, -0.25) is 24.6 Å². The summed E-state index contributed by atoms with van der Waals surface area (Å²) in [7, 11) is 0. The Balaban J connectivity index is 1.53. The molecule has 8 nitrogen and oxygen atoms in total. The van der Waals surface area contributed by atoms with E-state index in [4.69, 9.17) is 28.7 Å². The minimum absolute atomic E-state index is 0.0160. The van der Waals surface area contributed by atoms with Gasteiger partial charge in [-0.1, -0.05) is 18.2 Å². The van der Waals surface area contributed by atoms with Crippen LogP contribution in [-0.2, 0) is 33.9 Å². The lowest BCUT2D eigenvalue weighted by Gasteiger charge is -2.47. The molecule has 0 bridgehead atoms. The average Bonchev–Trinajstić information content (AvgIpc) is 3.18. The van der Waals surface area contributed by atoms with Gasteiger partial charge >= 0.3 is 0 Å². The van der Waals surface area contributed by atoms with Crippen molar-refractivity contribution in [2.75, 3.05) is 13.0 Å². The molecule has 0 radical (unpaired) electrons. The van der Waals surface area contributed by atoms with Crippen LogP contribution in [0.3, 0.4) is 0 Å². The van der Waals surface area contributed by atoms with Crippen LogP contribution in [0.25, 0.3) is 0 Å². The molecule has 2 aromatic rings. The molecular formula is C29H34FN3O5. The number of hydrogen-bond acceptors (Lipinski definition) is 6. The van der Waals surface area contributed by atoms with Crippen LogP contribution in [0.15, 0.2) is 36.4 Å². The molecule has 3 aliphatic heterocycles. The van der Waals surface area contributed by atoms with Crippen LogP contribution >= 0.6 is 0 Å². The smallest absolute Gasteiger partial charge is 0.255 e. The van der Waals surface area contributed by atoms with E-state index in [0.29, 0.717) is 11.0 Å². The summed E-state index contributed by atoms with van der Waals surface area (Å²) in [5, 5.41) is 1.91. The van der Waals surface area contributed by atoms with Gasteiger partial charge in [0.25, 0.3) is 5.91 Å². The third kappa shape index (κ3) is 5.44. The molecule has 2 unspecified atom stereocenters. The van der Waals surface area contributed by atoms with Gasteiger partial charge < -0.3 is 14.4 Å². The Hall–Kier alpha value is -3.30. The summed E-state index contributed by atoms with van der Waals surface area (Å²) in [6.45, 7) is -16.2. The third-order valence-electron chi connectivity index (χ3n) is 5.70. The van der Waals surface area contributed by atoms with Crippen molar-refractivity contribution in [2.24, 2.45) is 0 Å². The molecule has 0 aromatic heterocycles. The predicted molar refractivity (Wildman–Crippen MR) is 138 cm³/mol. The number of halogens is 1. The van der Waals surface area contributed by atoms with Gasteiger partial charge in [0.05, 0.1) is 24.6 Å². The fourth-order valence-electron chi connectivity index (χ4n) is 4.23. The third-order valence-corrected chi connectivity index (χ3v) is 5.70. The summed E-state index contributed by atoms with van der Waals surface area (Å²) in [4.78, 5) is 38.2. The van der Waals surface area contributed by atoms with Crippen molar-refractivity contribution in [3.05, 3.63) is 64.5 Å². The lowest BCUT2D eigenvalue weighted by Crippen LogP contribution is -2.56. The minimum atomic E-state index is -3.41. The number of nitrogens with one attached hydrogen (secondary N) is 1. The highest BCUT2D eigenvalue weighted by Crippen LogP contribution is 2.34. The van der Waals surface area contributed by atoms with Crippen molar-refractivity contribution in [3.8, 4) is 5.75 Å². The molecule has 2 saturated heterocycles. The number of imide groups is 1. The van der Waals surface area contributed by atoms with Crippen molar-refractivity contribution in [1.29, 1.82) is 0 Å². The number of morpholine rings is 1. The van der Waals surface area contributed by atoms with E-state index >= 15 is 4.39 Å². The van der Waals surface area contributed by atoms with Gasteiger partial charge in [0, 0.05) is 54.9 Å². The first kappa shape index (κ1) is 14.2. The molecule has 38 heavy (non-hydrogen) atoms. The van der Waals surface area contributed by atoms with Crippen molar-refractivity contribution >= 4 is 17.7 Å². The zero-order valence-electron chi connectivity index (χ0n) is 34.7. The maximum Gasteiger partial charge on any atom is 0.255 e. The summed E-state index contributed by atoms with van der Waals surface area (Å²) in [6.07, 6.45) is -0.915. The van der Waals surface area contributed by atoms with E-state index < -0.39 is 115 Å². The Kier molecular flexibility index (Phi) is 3.65. The quantitative estimate of drug-likeness (QED) is 0.567. The number of ether oxygens (including phenoxy) is 2. The van der Waals surface area contributed by atoms with Crippen LogP contribution in [0.2, 0.25) is 0 Å². The Labute approximate surface area is 241 Å². The Bertz CT molecular complexity index is 1870. The number of nitrogens with zero attached hydrogens (tertiary/aromatic N) is 2. The van der Waals surface area contributed by atoms with Crippen molar-refractivity contribution < 1.29 is 47.4 Å². The molecule has 2 aromatic carbocycles. The second-order valence-electron chi connectivity index (χ2n) is 9.47. The Morgan fingerprint density at radius 3 is 2.76 bits per heavy atom. The van der Waals surface area contributed by atoms with Crippen LogP contribution < -0.4 is 10.1 Å². The molecular weight excluding hydrogens is 489 g/mol. The number of fused-ring (bicyclic) bond motifs is 1. The number of carbonyl (C=O) groups excluding carboxylic acids is 3. The number of hydrogen-bond donors (Lipinski definition) is 1. The molecule has 3 aliphatic rings. The maximum absolute atomic E-state index is 15.9. The van der Waals surface area contributed by atoms with E-state index in [-0.39, 0.29) is 11.3 Å². The normalized spacial score (nSPS) is 37.8. The second-order valence-corrected chi connectivity index (χ2v) is 9.47. The van der Waals surface area contributed by atoms with Crippen molar-refractivity contribution in [2.45, 2.75) is 77.2 Å². The van der Waals surface area contributed by atoms with Crippen LogP contribution in [0, 0.1) is 5.82 Å². The number of carbonyl (C=O) groups is 3. The molecule has 9 heteroatoms. The highest BCUT2D eigenvalue weighted by molar-refractivity contribution is 6.05. The Morgan fingerprint density at radius 2 is 2.03 bits per heavy atom. The second kappa shape index (κ2) is 9.78. The molecule has 5 rings (SSSR count). The molecule has 2 atom stereocenters. The summed E-state index contributed by atoms with van der Waals surface area (Å²) in [6, 6.07) is 2.80. The fraction of sp³-hybridized carbons (Fsp3) is 0.483. The van der Waals surface area contributed by atoms with Gasteiger partial charge in [-0.05, 0) is 57.8 Å². The van der Waals surface area contributed by atoms with Gasteiger partial charge in [-0.15, -0.1) is 0 Å². The van der Waals surface area contributed by atoms with E-state index in [1.54, 1.807) is 0 Å². The van der Waals surface area contributed by atoms with Crippen molar-refractivity contribution in [1.82, 2.24) is 15.1 Å². The zero-order valence-corrected chi connectivity index (χ0v) is 20.7. The van der Waals surface area contributed by atoms with Crippen LogP contribution in [0.1, 0.15) is 86.7 Å². The lowest BCUT2D eigenvalue weighted by atomic mass is 9.98. The van der Waals surface area contributed by atoms with Gasteiger partial charge in [0.2, 0.25) is 11.8 Å². The molecule has 0 saturated carbocycles. The van der Waals surface area contributed by atoms with Crippen molar-refractivity contribution in [3.63, 3.8) is 0 Å². The largest absolute Gasteiger partial charge is 0.488 e. The standard InChI is InChI=1S/C29H34FN3O5/c1-28(2)16-32(17-29(3,4)38-28)13-18-8-9-19(22(30)12-18)15-37-24-7-5-6-20-21(24)14-33(27(20)36)23-10-11-25(34)31-26(23)35/h5-9,12,23H,10-11,13-17H2,1-4H3,(H,31,34,35)/i1D3,13D2,14D2,15D2,16D2,17D2,23D. The highest BCUT2D eigenvalue weighted by Gasteiger charge is 2.40. The lowest BCUT2D eigenvalue weighted by molar-refractivity contribution is -0.182. The first-order valence-corrected chi connectivity index (χ1v) is 11.6. The number of rotatable bonds is 6. The summed E-state index contributed by atoms with van der Waals surface area (Å²) in [5.41, 5.74) is -7.58. The average molecular weight is 538 g/mol. The van der Waals surface area contributed by atoms with Crippen LogP contribution in [0.4, 0.5) is 4.39 Å². The summed E-state index contributed by atoms with van der Waals surface area (Å²) in [5.74, 6) is -5.22. The molecule has 3 amide bonds. The SMILES string of the molecule is [2H]C([2H])(Oc1cccc2c1C([2H])([2H])N(C1([2H])CCC(=O)NC1=O)C2=O)c1ccc(C([2H])([2H])N2C([2H])([2H])C(C)(C)OC(C)(C([2H])([2H])[2H])C2([2H])[2H])cc1F. The van der Waals surface area contributed by atoms with Gasteiger partial charge in [-0.2, -0.15) is 0 Å². The van der Waals surface area contributed by atoms with E-state index in [2.05, 4.69) is 0 Å². The highest BCUT2D eigenvalue weighted by atomic mass is 19.1.